The van der Waals surface area contributed by atoms with E-state index in [4.69, 9.17) is 9.72 Å². The fourth-order valence-corrected chi connectivity index (χ4v) is 3.62. The van der Waals surface area contributed by atoms with Crippen molar-refractivity contribution < 1.29 is 4.74 Å². The van der Waals surface area contributed by atoms with Crippen molar-refractivity contribution in [2.45, 2.75) is 26.2 Å². The normalized spacial score (nSPS) is 12.4. The molecule has 0 aliphatic heterocycles. The van der Waals surface area contributed by atoms with Crippen molar-refractivity contribution in [2.75, 3.05) is 0 Å². The van der Waals surface area contributed by atoms with Gasteiger partial charge in [-0.05, 0) is 48.4 Å². The van der Waals surface area contributed by atoms with Gasteiger partial charge in [-0.25, -0.2) is 4.98 Å². The van der Waals surface area contributed by atoms with Gasteiger partial charge in [0, 0.05) is 16.9 Å². The summed E-state index contributed by atoms with van der Waals surface area (Å²) in [6, 6.07) is 20.7. The fourth-order valence-electron chi connectivity index (χ4n) is 3.27. The fraction of sp³-hybridized carbons (Fsp3) is 0.182. The van der Waals surface area contributed by atoms with E-state index in [1.165, 1.54) is 5.56 Å². The van der Waals surface area contributed by atoms with E-state index < -0.39 is 0 Å². The van der Waals surface area contributed by atoms with Gasteiger partial charge in [0.2, 0.25) is 0 Å². The maximum atomic E-state index is 5.97. The Hall–Kier alpha value is -2.50. The van der Waals surface area contributed by atoms with Crippen molar-refractivity contribution in [1.82, 2.24) is 14.5 Å². The third-order valence-corrected chi connectivity index (χ3v) is 5.14. The summed E-state index contributed by atoms with van der Waals surface area (Å²) in [4.78, 5) is 8.88. The molecule has 27 heavy (non-hydrogen) atoms. The molecule has 0 aliphatic carbocycles. The number of benzene rings is 2. The Bertz CT molecular complexity index is 1030. The van der Waals surface area contributed by atoms with Crippen LogP contribution in [0.4, 0.5) is 0 Å². The third kappa shape index (κ3) is 3.94. The lowest BCUT2D eigenvalue weighted by Crippen LogP contribution is -2.12. The van der Waals surface area contributed by atoms with Gasteiger partial charge in [0.05, 0.1) is 23.7 Å². The summed E-state index contributed by atoms with van der Waals surface area (Å²) in [5.74, 6) is 0.925. The number of fused-ring (bicyclic) bond motifs is 1. The molecule has 0 spiro atoms. The minimum absolute atomic E-state index is 0.157. The second-order valence-corrected chi connectivity index (χ2v) is 7.38. The lowest BCUT2D eigenvalue weighted by atomic mass is 10.1. The van der Waals surface area contributed by atoms with Crippen LogP contribution in [0.1, 0.15) is 29.9 Å². The highest BCUT2D eigenvalue weighted by Gasteiger charge is 2.17. The number of rotatable bonds is 6. The highest BCUT2D eigenvalue weighted by atomic mass is 79.9. The molecule has 1 atom stereocenters. The molecule has 2 aromatic carbocycles. The summed E-state index contributed by atoms with van der Waals surface area (Å²) in [5, 5.41) is 0. The van der Waals surface area contributed by atoms with Crippen molar-refractivity contribution in [1.29, 1.82) is 0 Å². The minimum Gasteiger partial charge on any atom is -0.369 e. The van der Waals surface area contributed by atoms with Gasteiger partial charge in [-0.15, -0.1) is 0 Å². The standard InChI is InChI=1S/C22H20BrN3O/c1-16(18-5-3-2-4-6-18)26-21-13-19(23)7-8-20(21)25-22(26)15-27-14-17-9-11-24-12-10-17/h2-13,16H,14-15H2,1H3/t16-/m0/s1. The van der Waals surface area contributed by atoms with Crippen LogP contribution in [-0.4, -0.2) is 14.5 Å². The lowest BCUT2D eigenvalue weighted by molar-refractivity contribution is 0.0991. The lowest BCUT2D eigenvalue weighted by Gasteiger charge is -2.18. The van der Waals surface area contributed by atoms with E-state index in [9.17, 15) is 0 Å². The molecule has 0 saturated heterocycles. The third-order valence-electron chi connectivity index (χ3n) is 4.64. The van der Waals surface area contributed by atoms with Gasteiger partial charge in [-0.3, -0.25) is 4.98 Å². The van der Waals surface area contributed by atoms with Crippen LogP contribution in [0.3, 0.4) is 0 Å². The van der Waals surface area contributed by atoms with Crippen molar-refractivity contribution in [3.63, 3.8) is 0 Å². The van der Waals surface area contributed by atoms with Gasteiger partial charge in [0.1, 0.15) is 12.4 Å². The number of halogens is 1. The van der Waals surface area contributed by atoms with Gasteiger partial charge in [-0.1, -0.05) is 46.3 Å². The molecule has 4 aromatic rings. The number of pyridine rings is 1. The van der Waals surface area contributed by atoms with Crippen molar-refractivity contribution in [3.05, 3.63) is 94.5 Å². The van der Waals surface area contributed by atoms with Gasteiger partial charge >= 0.3 is 0 Å². The molecule has 4 rings (SSSR count). The van der Waals surface area contributed by atoms with E-state index in [1.807, 2.05) is 30.3 Å². The average Bonchev–Trinajstić information content (AvgIpc) is 3.06. The number of hydrogen-bond acceptors (Lipinski definition) is 3. The molecule has 0 fully saturated rings. The van der Waals surface area contributed by atoms with Crippen LogP contribution in [0.25, 0.3) is 11.0 Å². The number of nitrogens with zero attached hydrogens (tertiary/aromatic N) is 3. The highest BCUT2D eigenvalue weighted by Crippen LogP contribution is 2.28. The molecule has 0 bridgehead atoms. The van der Waals surface area contributed by atoms with Crippen LogP contribution in [0, 0.1) is 0 Å². The average molecular weight is 422 g/mol. The zero-order valence-electron chi connectivity index (χ0n) is 15.0. The Kier molecular flexibility index (Phi) is 5.32. The van der Waals surface area contributed by atoms with Crippen LogP contribution in [0.15, 0.2) is 77.5 Å². The van der Waals surface area contributed by atoms with Gasteiger partial charge in [0.25, 0.3) is 0 Å². The maximum Gasteiger partial charge on any atom is 0.136 e. The van der Waals surface area contributed by atoms with Crippen molar-refractivity contribution in [3.8, 4) is 0 Å². The Morgan fingerprint density at radius 2 is 1.78 bits per heavy atom. The first-order valence-electron chi connectivity index (χ1n) is 8.90. The van der Waals surface area contributed by atoms with Gasteiger partial charge in [-0.2, -0.15) is 0 Å². The van der Waals surface area contributed by atoms with E-state index in [-0.39, 0.29) is 6.04 Å². The maximum absolute atomic E-state index is 5.97. The number of ether oxygens (including phenoxy) is 1. The molecular formula is C22H20BrN3O. The van der Waals surface area contributed by atoms with Crippen LogP contribution >= 0.6 is 15.9 Å². The zero-order chi connectivity index (χ0) is 18.6. The first-order chi connectivity index (χ1) is 13.2. The smallest absolute Gasteiger partial charge is 0.136 e. The van der Waals surface area contributed by atoms with E-state index in [0.717, 1.165) is 26.9 Å². The van der Waals surface area contributed by atoms with Crippen LogP contribution in [-0.2, 0) is 18.0 Å². The molecule has 0 aliphatic rings. The van der Waals surface area contributed by atoms with Crippen molar-refractivity contribution in [2.24, 2.45) is 0 Å². The largest absolute Gasteiger partial charge is 0.369 e. The molecule has 0 saturated carbocycles. The number of imidazole rings is 1. The summed E-state index contributed by atoms with van der Waals surface area (Å²) in [5.41, 5.74) is 4.42. The molecule has 0 amide bonds. The highest BCUT2D eigenvalue weighted by molar-refractivity contribution is 9.10. The summed E-state index contributed by atoms with van der Waals surface area (Å²) in [6.45, 7) is 3.19. The Morgan fingerprint density at radius 1 is 1.00 bits per heavy atom. The van der Waals surface area contributed by atoms with E-state index >= 15 is 0 Å². The first-order valence-corrected chi connectivity index (χ1v) is 9.69. The molecule has 0 radical (unpaired) electrons. The molecule has 0 unspecified atom stereocenters. The molecule has 136 valence electrons. The zero-order valence-corrected chi connectivity index (χ0v) is 16.6. The van der Waals surface area contributed by atoms with Crippen LogP contribution < -0.4 is 0 Å². The molecule has 4 nitrogen and oxygen atoms in total. The van der Waals surface area contributed by atoms with E-state index in [2.05, 4.69) is 62.7 Å². The molecular weight excluding hydrogens is 402 g/mol. The summed E-state index contributed by atoms with van der Waals surface area (Å²) in [6.07, 6.45) is 3.56. The van der Waals surface area contributed by atoms with Crippen LogP contribution in [0.5, 0.6) is 0 Å². The van der Waals surface area contributed by atoms with E-state index in [0.29, 0.717) is 13.2 Å². The quantitative estimate of drug-likeness (QED) is 0.411. The monoisotopic (exact) mass is 421 g/mol. The Balaban J connectivity index is 1.67. The van der Waals surface area contributed by atoms with Gasteiger partial charge < -0.3 is 9.30 Å². The Morgan fingerprint density at radius 3 is 2.56 bits per heavy atom. The Labute approximate surface area is 167 Å². The second kappa shape index (κ2) is 8.03. The van der Waals surface area contributed by atoms with E-state index in [1.54, 1.807) is 12.4 Å². The summed E-state index contributed by atoms with van der Waals surface area (Å²) < 4.78 is 9.28. The SMILES string of the molecule is C[C@@H](c1ccccc1)n1c(COCc2ccncc2)nc2ccc(Br)cc21. The second-order valence-electron chi connectivity index (χ2n) is 6.47. The summed E-state index contributed by atoms with van der Waals surface area (Å²) >= 11 is 3.59. The topological polar surface area (TPSA) is 39.9 Å². The molecule has 0 N–H and O–H groups in total. The van der Waals surface area contributed by atoms with Gasteiger partial charge in [0.15, 0.2) is 0 Å². The predicted octanol–water partition coefficient (Wildman–Crippen LogP) is 5.52. The summed E-state index contributed by atoms with van der Waals surface area (Å²) in [7, 11) is 0. The van der Waals surface area contributed by atoms with Crippen molar-refractivity contribution >= 4 is 27.0 Å². The first kappa shape index (κ1) is 17.9. The number of hydrogen-bond donors (Lipinski definition) is 0. The molecule has 5 heteroatoms. The molecule has 2 heterocycles. The minimum atomic E-state index is 0.157. The molecule has 2 aromatic heterocycles. The van der Waals surface area contributed by atoms with Crippen LogP contribution in [0.2, 0.25) is 0 Å². The predicted molar refractivity (Wildman–Crippen MR) is 110 cm³/mol. The number of aromatic nitrogens is 3.